The summed E-state index contributed by atoms with van der Waals surface area (Å²) in [4.78, 5) is 35.7. The van der Waals surface area contributed by atoms with E-state index < -0.39 is 18.5 Å². The van der Waals surface area contributed by atoms with E-state index in [1.165, 1.54) is 0 Å². The molecule has 0 fully saturated rings. The minimum absolute atomic E-state index is 0.0352. The van der Waals surface area contributed by atoms with Crippen molar-refractivity contribution >= 4 is 34.9 Å². The zero-order chi connectivity index (χ0) is 19.1. The van der Waals surface area contributed by atoms with Gasteiger partial charge in [0, 0.05) is 12.0 Å². The SMILES string of the molecule is Cc1ccc(C(=O)CCC(=O)OCC(=O)Nc2ccccc2Cl)cc1C. The quantitative estimate of drug-likeness (QED) is 0.585. The molecule has 2 aromatic rings. The number of ketones is 1. The van der Waals surface area contributed by atoms with Crippen molar-refractivity contribution in [1.29, 1.82) is 0 Å². The third kappa shape index (κ3) is 5.70. The van der Waals surface area contributed by atoms with Crippen LogP contribution < -0.4 is 5.32 Å². The fraction of sp³-hybridized carbons (Fsp3) is 0.250. The zero-order valence-corrected chi connectivity index (χ0v) is 15.4. The van der Waals surface area contributed by atoms with E-state index in [-0.39, 0.29) is 18.6 Å². The van der Waals surface area contributed by atoms with Crippen molar-refractivity contribution in [2.45, 2.75) is 26.7 Å². The third-order valence-electron chi connectivity index (χ3n) is 3.90. The summed E-state index contributed by atoms with van der Waals surface area (Å²) in [5.74, 6) is -1.23. The van der Waals surface area contributed by atoms with Crippen LogP contribution in [0.4, 0.5) is 5.69 Å². The summed E-state index contributed by atoms with van der Waals surface area (Å²) in [7, 11) is 0. The van der Waals surface area contributed by atoms with Gasteiger partial charge in [-0.3, -0.25) is 14.4 Å². The van der Waals surface area contributed by atoms with E-state index in [4.69, 9.17) is 16.3 Å². The molecule has 0 aromatic heterocycles. The molecule has 0 spiro atoms. The fourth-order valence-electron chi connectivity index (χ4n) is 2.24. The number of benzene rings is 2. The van der Waals surface area contributed by atoms with Crippen LogP contribution in [-0.2, 0) is 14.3 Å². The number of nitrogens with one attached hydrogen (secondary N) is 1. The number of halogens is 1. The van der Waals surface area contributed by atoms with Crippen LogP contribution in [0.5, 0.6) is 0 Å². The molecule has 0 aliphatic heterocycles. The third-order valence-corrected chi connectivity index (χ3v) is 4.23. The molecule has 0 bridgehead atoms. The molecule has 26 heavy (non-hydrogen) atoms. The normalized spacial score (nSPS) is 10.3. The van der Waals surface area contributed by atoms with E-state index >= 15 is 0 Å². The van der Waals surface area contributed by atoms with Crippen molar-refractivity contribution in [3.05, 3.63) is 64.2 Å². The number of anilines is 1. The molecule has 0 unspecified atom stereocenters. The van der Waals surface area contributed by atoms with Crippen molar-refractivity contribution in [2.24, 2.45) is 0 Å². The van der Waals surface area contributed by atoms with E-state index in [1.54, 1.807) is 36.4 Å². The number of esters is 1. The van der Waals surface area contributed by atoms with E-state index in [0.717, 1.165) is 11.1 Å². The van der Waals surface area contributed by atoms with Crippen LogP contribution in [0.3, 0.4) is 0 Å². The van der Waals surface area contributed by atoms with Gasteiger partial charge in [-0.25, -0.2) is 0 Å². The highest BCUT2D eigenvalue weighted by atomic mass is 35.5. The lowest BCUT2D eigenvalue weighted by molar-refractivity contribution is -0.147. The number of aryl methyl sites for hydroxylation is 2. The Morgan fingerprint density at radius 1 is 1.00 bits per heavy atom. The van der Waals surface area contributed by atoms with Gasteiger partial charge in [-0.1, -0.05) is 35.9 Å². The largest absolute Gasteiger partial charge is 0.456 e. The molecule has 2 aromatic carbocycles. The molecule has 0 heterocycles. The van der Waals surface area contributed by atoms with Crippen LogP contribution in [0, 0.1) is 13.8 Å². The summed E-state index contributed by atoms with van der Waals surface area (Å²) < 4.78 is 4.90. The van der Waals surface area contributed by atoms with E-state index in [9.17, 15) is 14.4 Å². The molecule has 0 atom stereocenters. The smallest absolute Gasteiger partial charge is 0.306 e. The summed E-state index contributed by atoms with van der Waals surface area (Å²) in [6, 6.07) is 12.2. The first-order valence-electron chi connectivity index (χ1n) is 8.17. The van der Waals surface area contributed by atoms with Gasteiger partial charge in [0.2, 0.25) is 0 Å². The van der Waals surface area contributed by atoms with Crippen molar-refractivity contribution < 1.29 is 19.1 Å². The second-order valence-corrected chi connectivity index (χ2v) is 6.32. The van der Waals surface area contributed by atoms with Gasteiger partial charge in [0.1, 0.15) is 0 Å². The van der Waals surface area contributed by atoms with Crippen LogP contribution in [0.1, 0.15) is 34.3 Å². The number of para-hydroxylation sites is 1. The maximum atomic E-state index is 12.1. The van der Waals surface area contributed by atoms with E-state index in [0.29, 0.717) is 16.3 Å². The lowest BCUT2D eigenvalue weighted by Gasteiger charge is -2.08. The van der Waals surface area contributed by atoms with Gasteiger partial charge in [0.15, 0.2) is 12.4 Å². The summed E-state index contributed by atoms with van der Waals surface area (Å²) in [5, 5.41) is 2.95. The van der Waals surface area contributed by atoms with Crippen molar-refractivity contribution in [1.82, 2.24) is 0 Å². The highest BCUT2D eigenvalue weighted by Crippen LogP contribution is 2.20. The molecule has 6 heteroatoms. The molecule has 0 saturated carbocycles. The summed E-state index contributed by atoms with van der Waals surface area (Å²) in [6.45, 7) is 3.47. The number of hydrogen-bond acceptors (Lipinski definition) is 4. The van der Waals surface area contributed by atoms with Crippen LogP contribution in [0.25, 0.3) is 0 Å². The number of rotatable bonds is 7. The number of hydrogen-bond donors (Lipinski definition) is 1. The number of Topliss-reactive ketones (excluding diaryl/α,β-unsaturated/α-hetero) is 1. The van der Waals surface area contributed by atoms with Gasteiger partial charge < -0.3 is 10.1 Å². The minimum Gasteiger partial charge on any atom is -0.456 e. The first-order chi connectivity index (χ1) is 12.4. The molecular weight excluding hydrogens is 354 g/mol. The standard InChI is InChI=1S/C20H20ClNO4/c1-13-7-8-15(11-14(13)2)18(23)9-10-20(25)26-12-19(24)22-17-6-4-3-5-16(17)21/h3-8,11H,9-10,12H2,1-2H3,(H,22,24). The average Bonchev–Trinajstić information content (AvgIpc) is 2.62. The van der Waals surface area contributed by atoms with Gasteiger partial charge in [0.25, 0.3) is 5.91 Å². The maximum absolute atomic E-state index is 12.1. The Hall–Kier alpha value is -2.66. The number of carbonyl (C=O) groups excluding carboxylic acids is 3. The molecule has 0 aliphatic rings. The van der Waals surface area contributed by atoms with Crippen molar-refractivity contribution in [3.63, 3.8) is 0 Å². The van der Waals surface area contributed by atoms with Gasteiger partial charge in [0.05, 0.1) is 17.1 Å². The summed E-state index contributed by atoms with van der Waals surface area (Å²) in [5.41, 5.74) is 3.14. The molecule has 5 nitrogen and oxygen atoms in total. The number of amides is 1. The lowest BCUT2D eigenvalue weighted by atomic mass is 10.0. The van der Waals surface area contributed by atoms with E-state index in [2.05, 4.69) is 5.32 Å². The highest BCUT2D eigenvalue weighted by molar-refractivity contribution is 6.33. The zero-order valence-electron chi connectivity index (χ0n) is 14.7. The average molecular weight is 374 g/mol. The Kier molecular flexibility index (Phi) is 6.92. The van der Waals surface area contributed by atoms with Crippen LogP contribution in [0.2, 0.25) is 5.02 Å². The topological polar surface area (TPSA) is 72.5 Å². The predicted molar refractivity (Wildman–Crippen MR) is 101 cm³/mol. The summed E-state index contributed by atoms with van der Waals surface area (Å²) >= 11 is 5.93. The molecule has 1 N–H and O–H groups in total. The lowest BCUT2D eigenvalue weighted by Crippen LogP contribution is -2.21. The van der Waals surface area contributed by atoms with Gasteiger partial charge in [-0.05, 0) is 43.2 Å². The Bertz CT molecular complexity index is 832. The van der Waals surface area contributed by atoms with Gasteiger partial charge in [-0.2, -0.15) is 0 Å². The first kappa shape index (κ1) is 19.7. The number of ether oxygens (including phenoxy) is 1. The van der Waals surface area contributed by atoms with Crippen molar-refractivity contribution in [3.8, 4) is 0 Å². The Balaban J connectivity index is 1.76. The molecule has 0 aliphatic carbocycles. The van der Waals surface area contributed by atoms with Gasteiger partial charge >= 0.3 is 5.97 Å². The molecule has 0 radical (unpaired) electrons. The van der Waals surface area contributed by atoms with Crippen LogP contribution >= 0.6 is 11.6 Å². The molecular formula is C20H20ClNO4. The van der Waals surface area contributed by atoms with E-state index in [1.807, 2.05) is 19.9 Å². The Morgan fingerprint density at radius 3 is 2.42 bits per heavy atom. The van der Waals surface area contributed by atoms with Gasteiger partial charge in [-0.15, -0.1) is 0 Å². The van der Waals surface area contributed by atoms with Crippen LogP contribution in [-0.4, -0.2) is 24.3 Å². The number of carbonyl (C=O) groups is 3. The minimum atomic E-state index is -0.600. The Morgan fingerprint density at radius 2 is 1.73 bits per heavy atom. The monoisotopic (exact) mass is 373 g/mol. The predicted octanol–water partition coefficient (Wildman–Crippen LogP) is 4.10. The second-order valence-electron chi connectivity index (χ2n) is 5.91. The molecule has 0 saturated heterocycles. The summed E-state index contributed by atoms with van der Waals surface area (Å²) in [6.07, 6.45) is -0.0431. The first-order valence-corrected chi connectivity index (χ1v) is 8.55. The molecule has 2 rings (SSSR count). The fourth-order valence-corrected chi connectivity index (χ4v) is 2.42. The maximum Gasteiger partial charge on any atom is 0.306 e. The second kappa shape index (κ2) is 9.15. The molecule has 136 valence electrons. The molecule has 1 amide bonds. The Labute approximate surface area is 157 Å². The van der Waals surface area contributed by atoms with Crippen molar-refractivity contribution in [2.75, 3.05) is 11.9 Å². The van der Waals surface area contributed by atoms with Crippen LogP contribution in [0.15, 0.2) is 42.5 Å². The highest BCUT2D eigenvalue weighted by Gasteiger charge is 2.13.